The van der Waals surface area contributed by atoms with Gasteiger partial charge in [0.15, 0.2) is 0 Å². The third kappa shape index (κ3) is 2.19. The van der Waals surface area contributed by atoms with Crippen LogP contribution in [0.4, 0.5) is 0 Å². The molecule has 2 aliphatic rings. The zero-order valence-corrected chi connectivity index (χ0v) is 14.6. The molecule has 1 aromatic carbocycles. The van der Waals surface area contributed by atoms with Crippen molar-refractivity contribution in [1.82, 2.24) is 0 Å². The monoisotopic (exact) mass is 319 g/mol. The first-order chi connectivity index (χ1) is 10.4. The molecule has 5 atom stereocenters. The predicted molar refractivity (Wildman–Crippen MR) is 91.4 cm³/mol. The maximum atomic E-state index is 12.8. The molecule has 0 spiro atoms. The van der Waals surface area contributed by atoms with Crippen LogP contribution in [0.2, 0.25) is 0 Å². The fourth-order valence-electron chi connectivity index (χ4n) is 4.58. The normalized spacial score (nSPS) is 37.7. The SMILES string of the molecule is CO[C@@H]1[C@H]([S@@](=O)/N=C\c2ccccc2)[C@H]2CC[C@]1(C)C2(C)C. The van der Waals surface area contributed by atoms with Crippen LogP contribution in [0.15, 0.2) is 34.7 Å². The van der Waals surface area contributed by atoms with Crippen LogP contribution in [-0.4, -0.2) is 28.9 Å². The van der Waals surface area contributed by atoms with Crippen molar-refractivity contribution in [1.29, 1.82) is 0 Å². The molecule has 2 aliphatic carbocycles. The number of methoxy groups -OCH3 is 1. The van der Waals surface area contributed by atoms with Gasteiger partial charge in [0, 0.05) is 18.7 Å². The molecule has 0 aliphatic heterocycles. The molecular weight excluding hydrogens is 294 g/mol. The van der Waals surface area contributed by atoms with Gasteiger partial charge in [-0.3, -0.25) is 0 Å². The Kier molecular flexibility index (Phi) is 4.02. The Hall–Kier alpha value is -1.00. The average molecular weight is 319 g/mol. The lowest BCUT2D eigenvalue weighted by atomic mass is 9.70. The number of ether oxygens (including phenoxy) is 1. The molecular formula is C18H25NO2S. The molecule has 2 bridgehead atoms. The van der Waals surface area contributed by atoms with E-state index in [-0.39, 0.29) is 22.2 Å². The average Bonchev–Trinajstić information content (AvgIpc) is 2.84. The maximum absolute atomic E-state index is 12.8. The Labute approximate surface area is 135 Å². The molecule has 0 saturated heterocycles. The van der Waals surface area contributed by atoms with E-state index in [1.54, 1.807) is 13.3 Å². The molecule has 2 saturated carbocycles. The van der Waals surface area contributed by atoms with Crippen molar-refractivity contribution in [3.63, 3.8) is 0 Å². The van der Waals surface area contributed by atoms with Crippen LogP contribution in [0.3, 0.4) is 0 Å². The minimum absolute atomic E-state index is 0.00119. The summed E-state index contributed by atoms with van der Waals surface area (Å²) >= 11 is 0. The molecule has 3 nitrogen and oxygen atoms in total. The summed E-state index contributed by atoms with van der Waals surface area (Å²) in [6.45, 7) is 6.89. The quantitative estimate of drug-likeness (QED) is 0.795. The Morgan fingerprint density at radius 2 is 1.95 bits per heavy atom. The van der Waals surface area contributed by atoms with Crippen LogP contribution in [0.25, 0.3) is 0 Å². The highest BCUT2D eigenvalue weighted by Gasteiger charge is 2.68. The van der Waals surface area contributed by atoms with Crippen molar-refractivity contribution >= 4 is 17.2 Å². The summed E-state index contributed by atoms with van der Waals surface area (Å²) in [5.74, 6) is 0.413. The van der Waals surface area contributed by atoms with Gasteiger partial charge in [0.2, 0.25) is 0 Å². The number of hydrogen-bond donors (Lipinski definition) is 0. The van der Waals surface area contributed by atoms with Gasteiger partial charge in [-0.05, 0) is 29.7 Å². The van der Waals surface area contributed by atoms with E-state index in [1.165, 1.54) is 0 Å². The number of hydrogen-bond acceptors (Lipinski definition) is 2. The fourth-order valence-corrected chi connectivity index (χ4v) is 6.33. The van der Waals surface area contributed by atoms with Crippen LogP contribution in [0.1, 0.15) is 39.2 Å². The van der Waals surface area contributed by atoms with Gasteiger partial charge in [-0.25, -0.2) is 4.21 Å². The third-order valence-corrected chi connectivity index (χ3v) is 7.64. The second-order valence-corrected chi connectivity index (χ2v) is 8.63. The smallest absolute Gasteiger partial charge is 0.145 e. The summed E-state index contributed by atoms with van der Waals surface area (Å²) in [6.07, 6.45) is 4.03. The van der Waals surface area contributed by atoms with Gasteiger partial charge in [-0.1, -0.05) is 51.1 Å². The molecule has 2 fully saturated rings. The first-order valence-corrected chi connectivity index (χ1v) is 9.11. The molecule has 120 valence electrons. The third-order valence-electron chi connectivity index (χ3n) is 6.29. The van der Waals surface area contributed by atoms with Crippen LogP contribution in [-0.2, 0) is 15.7 Å². The number of benzene rings is 1. The van der Waals surface area contributed by atoms with E-state index in [4.69, 9.17) is 4.74 Å². The summed E-state index contributed by atoms with van der Waals surface area (Å²) in [7, 11) is 0.494. The lowest BCUT2D eigenvalue weighted by Crippen LogP contribution is -2.42. The molecule has 3 rings (SSSR count). The number of fused-ring (bicyclic) bond motifs is 2. The highest BCUT2D eigenvalue weighted by atomic mass is 32.2. The molecule has 0 N–H and O–H groups in total. The molecule has 0 amide bonds. The molecule has 0 heterocycles. The van der Waals surface area contributed by atoms with E-state index in [2.05, 4.69) is 25.2 Å². The molecule has 1 aromatic rings. The molecule has 4 heteroatoms. The second-order valence-electron chi connectivity index (χ2n) is 7.33. The van der Waals surface area contributed by atoms with E-state index < -0.39 is 11.0 Å². The summed E-state index contributed by atoms with van der Waals surface area (Å²) in [5, 5.41) is -0.00119. The van der Waals surface area contributed by atoms with Crippen LogP contribution >= 0.6 is 0 Å². The fraction of sp³-hybridized carbons (Fsp3) is 0.611. The summed E-state index contributed by atoms with van der Waals surface area (Å²) in [6, 6.07) is 9.84. The summed E-state index contributed by atoms with van der Waals surface area (Å²) in [5.41, 5.74) is 1.23. The standard InChI is InChI=1S/C18H25NO2S/c1-17(2)14-10-11-18(17,3)16(21-4)15(14)22(20)19-12-13-8-6-5-7-9-13/h5-9,12,14-16H,10-11H2,1-4H3/b19-12-/t14-,15-,16-,18+,22-/m1/s1. The Morgan fingerprint density at radius 3 is 2.59 bits per heavy atom. The van der Waals surface area contributed by atoms with Gasteiger partial charge in [-0.15, -0.1) is 0 Å². The molecule has 22 heavy (non-hydrogen) atoms. The first-order valence-electron chi connectivity index (χ1n) is 7.94. The summed E-state index contributed by atoms with van der Waals surface area (Å²) in [4.78, 5) is 0. The van der Waals surface area contributed by atoms with Crippen molar-refractivity contribution in [3.8, 4) is 0 Å². The minimum atomic E-state index is -1.25. The zero-order valence-electron chi connectivity index (χ0n) is 13.8. The Morgan fingerprint density at radius 1 is 1.27 bits per heavy atom. The van der Waals surface area contributed by atoms with Gasteiger partial charge in [0.25, 0.3) is 0 Å². The number of rotatable bonds is 4. The van der Waals surface area contributed by atoms with Crippen LogP contribution in [0, 0.1) is 16.7 Å². The van der Waals surface area contributed by atoms with Gasteiger partial charge in [0.1, 0.15) is 11.0 Å². The van der Waals surface area contributed by atoms with Gasteiger partial charge >= 0.3 is 0 Å². The number of nitrogens with zero attached hydrogens (tertiary/aromatic N) is 1. The molecule has 0 unspecified atom stereocenters. The van der Waals surface area contributed by atoms with Crippen LogP contribution < -0.4 is 0 Å². The predicted octanol–water partition coefficient (Wildman–Crippen LogP) is 3.61. The highest BCUT2D eigenvalue weighted by molar-refractivity contribution is 7.84. The molecule has 0 aromatic heterocycles. The first kappa shape index (κ1) is 15.9. The second kappa shape index (κ2) is 5.57. The highest BCUT2D eigenvalue weighted by Crippen LogP contribution is 2.67. The van der Waals surface area contributed by atoms with E-state index >= 15 is 0 Å². The Bertz CT molecular complexity index is 598. The van der Waals surface area contributed by atoms with Crippen molar-refractivity contribution in [3.05, 3.63) is 35.9 Å². The Balaban J connectivity index is 1.85. The topological polar surface area (TPSA) is 38.7 Å². The van der Waals surface area contributed by atoms with E-state index in [0.29, 0.717) is 5.92 Å². The van der Waals surface area contributed by atoms with Gasteiger partial charge in [0.05, 0.1) is 11.4 Å². The van der Waals surface area contributed by atoms with E-state index in [9.17, 15) is 4.21 Å². The minimum Gasteiger partial charge on any atom is -0.380 e. The maximum Gasteiger partial charge on any atom is 0.145 e. The lowest BCUT2D eigenvalue weighted by molar-refractivity contribution is -0.0181. The van der Waals surface area contributed by atoms with Gasteiger partial charge in [-0.2, -0.15) is 4.40 Å². The largest absolute Gasteiger partial charge is 0.380 e. The molecule has 0 radical (unpaired) electrons. The van der Waals surface area contributed by atoms with Crippen molar-refractivity contribution in [2.75, 3.05) is 7.11 Å². The zero-order chi connectivity index (χ0) is 16.0. The van der Waals surface area contributed by atoms with Crippen LogP contribution in [0.5, 0.6) is 0 Å². The summed E-state index contributed by atoms with van der Waals surface area (Å²) < 4.78 is 23.0. The lowest BCUT2D eigenvalue weighted by Gasteiger charge is -2.38. The van der Waals surface area contributed by atoms with E-state index in [0.717, 1.165) is 18.4 Å². The van der Waals surface area contributed by atoms with Gasteiger partial charge < -0.3 is 4.74 Å². The van der Waals surface area contributed by atoms with Crippen molar-refractivity contribution < 1.29 is 8.95 Å². The van der Waals surface area contributed by atoms with E-state index in [1.807, 2.05) is 30.3 Å². The van der Waals surface area contributed by atoms with Crippen molar-refractivity contribution in [2.24, 2.45) is 21.1 Å². The van der Waals surface area contributed by atoms with Crippen molar-refractivity contribution in [2.45, 2.75) is 45.0 Å².